The Kier molecular flexibility index (Phi) is 4.37. The molecule has 0 aliphatic heterocycles. The summed E-state index contributed by atoms with van der Waals surface area (Å²) in [6.07, 6.45) is 4.27. The highest BCUT2D eigenvalue weighted by Gasteiger charge is 2.20. The first-order valence-corrected chi connectivity index (χ1v) is 9.89. The first-order chi connectivity index (χ1) is 12.9. The number of aromatic nitrogens is 2. The molecule has 0 saturated carbocycles. The van der Waals surface area contributed by atoms with Crippen molar-refractivity contribution >= 4 is 17.0 Å². The average Bonchev–Trinajstić information content (AvgIpc) is 3.25. The van der Waals surface area contributed by atoms with Crippen molar-refractivity contribution in [1.29, 1.82) is 0 Å². The van der Waals surface area contributed by atoms with Crippen molar-refractivity contribution in [1.82, 2.24) is 9.38 Å². The predicted octanol–water partition coefficient (Wildman–Crippen LogP) is 6.07. The summed E-state index contributed by atoms with van der Waals surface area (Å²) in [7, 11) is 0. The van der Waals surface area contributed by atoms with E-state index in [0.717, 1.165) is 26.7 Å². The molecule has 3 aromatic heterocycles. The van der Waals surface area contributed by atoms with Crippen LogP contribution in [0.5, 0.6) is 0 Å². The minimum absolute atomic E-state index is 0.0532. The van der Waals surface area contributed by atoms with Crippen LogP contribution in [0.2, 0.25) is 0 Å². The molecule has 0 unspecified atom stereocenters. The molecule has 3 heteroatoms. The van der Waals surface area contributed by atoms with Gasteiger partial charge in [0.2, 0.25) is 0 Å². The van der Waals surface area contributed by atoms with Gasteiger partial charge in [-0.3, -0.25) is 0 Å². The van der Waals surface area contributed by atoms with Crippen molar-refractivity contribution in [3.05, 3.63) is 82.5 Å². The van der Waals surface area contributed by atoms with Crippen LogP contribution in [-0.2, 0) is 5.41 Å². The van der Waals surface area contributed by atoms with E-state index < -0.39 is 0 Å². The van der Waals surface area contributed by atoms with Gasteiger partial charge in [0.25, 0.3) is 0 Å². The zero-order chi connectivity index (χ0) is 19.0. The molecule has 0 aliphatic carbocycles. The maximum Gasteiger partial charge on any atom is 0.141 e. The van der Waals surface area contributed by atoms with E-state index in [9.17, 15) is 0 Å². The number of benzene rings is 1. The summed E-state index contributed by atoms with van der Waals surface area (Å²) in [5, 5.41) is 0. The SMILES string of the molecule is Cc1cc(C(C)(C)C)c2nc(-c3ccc(C#Cc4ccccc4)s3)cn2c1. The fourth-order valence-electron chi connectivity index (χ4n) is 3.11. The lowest BCUT2D eigenvalue weighted by Crippen LogP contribution is -2.13. The molecule has 0 atom stereocenters. The molecule has 4 rings (SSSR count). The van der Waals surface area contributed by atoms with Gasteiger partial charge < -0.3 is 4.40 Å². The van der Waals surface area contributed by atoms with Crippen LogP contribution in [0.4, 0.5) is 0 Å². The highest BCUT2D eigenvalue weighted by molar-refractivity contribution is 7.16. The van der Waals surface area contributed by atoms with Gasteiger partial charge >= 0.3 is 0 Å². The highest BCUT2D eigenvalue weighted by Crippen LogP contribution is 2.31. The molecule has 0 aliphatic rings. The summed E-state index contributed by atoms with van der Waals surface area (Å²) in [4.78, 5) is 7.15. The molecule has 0 N–H and O–H groups in total. The van der Waals surface area contributed by atoms with Gasteiger partial charge in [-0.2, -0.15) is 0 Å². The number of fused-ring (bicyclic) bond motifs is 1. The number of hydrogen-bond donors (Lipinski definition) is 0. The van der Waals surface area contributed by atoms with Crippen LogP contribution in [0.25, 0.3) is 16.2 Å². The summed E-state index contributed by atoms with van der Waals surface area (Å²) < 4.78 is 2.15. The van der Waals surface area contributed by atoms with Gasteiger partial charge in [-0.15, -0.1) is 11.3 Å². The second-order valence-corrected chi connectivity index (χ2v) is 8.90. The Balaban J connectivity index is 1.72. The molecule has 4 aromatic rings. The quantitative estimate of drug-likeness (QED) is 0.372. The zero-order valence-electron chi connectivity index (χ0n) is 16.1. The number of rotatable bonds is 1. The van der Waals surface area contributed by atoms with E-state index in [1.807, 2.05) is 30.3 Å². The Bertz CT molecular complexity index is 1160. The van der Waals surface area contributed by atoms with Gasteiger partial charge in [0.1, 0.15) is 5.65 Å². The summed E-state index contributed by atoms with van der Waals surface area (Å²) in [6, 6.07) is 16.5. The largest absolute Gasteiger partial charge is 0.306 e. The second-order valence-electron chi connectivity index (χ2n) is 7.82. The van der Waals surface area contributed by atoms with Gasteiger partial charge in [-0.25, -0.2) is 4.98 Å². The first kappa shape index (κ1) is 17.6. The normalized spacial score (nSPS) is 11.4. The molecule has 27 heavy (non-hydrogen) atoms. The average molecular weight is 371 g/mol. The van der Waals surface area contributed by atoms with Crippen LogP contribution in [0.1, 0.15) is 42.3 Å². The molecule has 0 saturated heterocycles. The van der Waals surface area contributed by atoms with Crippen LogP contribution < -0.4 is 0 Å². The first-order valence-electron chi connectivity index (χ1n) is 9.07. The van der Waals surface area contributed by atoms with Crippen molar-refractivity contribution in [2.24, 2.45) is 0 Å². The molecule has 0 amide bonds. The number of thiophene rings is 1. The molecule has 0 radical (unpaired) electrons. The summed E-state index contributed by atoms with van der Waals surface area (Å²) >= 11 is 1.69. The van der Waals surface area contributed by atoms with E-state index >= 15 is 0 Å². The molecular formula is C24H22N2S. The molecular weight excluding hydrogens is 348 g/mol. The molecule has 2 nitrogen and oxygen atoms in total. The van der Waals surface area contributed by atoms with E-state index in [4.69, 9.17) is 4.98 Å². The molecule has 0 spiro atoms. The third-order valence-corrected chi connectivity index (χ3v) is 5.48. The van der Waals surface area contributed by atoms with Crippen molar-refractivity contribution in [2.75, 3.05) is 0 Å². The Morgan fingerprint density at radius 1 is 0.963 bits per heavy atom. The lowest BCUT2D eigenvalue weighted by atomic mass is 9.87. The monoisotopic (exact) mass is 370 g/mol. The smallest absolute Gasteiger partial charge is 0.141 e. The van der Waals surface area contributed by atoms with Crippen LogP contribution in [0, 0.1) is 18.8 Å². The number of nitrogens with zero attached hydrogens (tertiary/aromatic N) is 2. The topological polar surface area (TPSA) is 17.3 Å². The molecule has 0 fully saturated rings. The van der Waals surface area contributed by atoms with Gasteiger partial charge in [0.05, 0.1) is 15.4 Å². The molecule has 0 bridgehead atoms. The third kappa shape index (κ3) is 3.67. The zero-order valence-corrected chi connectivity index (χ0v) is 16.9. The summed E-state index contributed by atoms with van der Waals surface area (Å²) in [5.74, 6) is 6.49. The van der Waals surface area contributed by atoms with E-state index in [-0.39, 0.29) is 5.41 Å². The van der Waals surface area contributed by atoms with Crippen molar-refractivity contribution in [2.45, 2.75) is 33.1 Å². The van der Waals surface area contributed by atoms with Crippen LogP contribution in [0.3, 0.4) is 0 Å². The van der Waals surface area contributed by atoms with Crippen molar-refractivity contribution < 1.29 is 0 Å². The second kappa shape index (κ2) is 6.72. The molecule has 1 aromatic carbocycles. The Hall–Kier alpha value is -2.83. The third-order valence-electron chi connectivity index (χ3n) is 4.46. The van der Waals surface area contributed by atoms with Crippen molar-refractivity contribution in [3.8, 4) is 22.4 Å². The van der Waals surface area contributed by atoms with E-state index in [1.165, 1.54) is 11.1 Å². The van der Waals surface area contributed by atoms with Crippen LogP contribution >= 0.6 is 11.3 Å². The minimum atomic E-state index is 0.0532. The summed E-state index contributed by atoms with van der Waals surface area (Å²) in [5.41, 5.74) is 5.65. The van der Waals surface area contributed by atoms with Crippen LogP contribution in [-0.4, -0.2) is 9.38 Å². The number of hydrogen-bond acceptors (Lipinski definition) is 2. The Labute approximate surface area is 164 Å². The van der Waals surface area contributed by atoms with Gasteiger partial charge in [0.15, 0.2) is 0 Å². The van der Waals surface area contributed by atoms with E-state index in [2.05, 4.69) is 74.5 Å². The Morgan fingerprint density at radius 2 is 1.74 bits per heavy atom. The van der Waals surface area contributed by atoms with Gasteiger partial charge in [-0.1, -0.05) is 56.9 Å². The van der Waals surface area contributed by atoms with E-state index in [0.29, 0.717) is 0 Å². The maximum absolute atomic E-state index is 4.95. The number of pyridine rings is 1. The Morgan fingerprint density at radius 3 is 2.48 bits per heavy atom. The fourth-order valence-corrected chi connectivity index (χ4v) is 3.92. The van der Waals surface area contributed by atoms with Crippen molar-refractivity contribution in [3.63, 3.8) is 0 Å². The van der Waals surface area contributed by atoms with Gasteiger partial charge in [0, 0.05) is 23.5 Å². The number of aryl methyl sites for hydroxylation is 1. The van der Waals surface area contributed by atoms with E-state index in [1.54, 1.807) is 11.3 Å². The fraction of sp³-hybridized carbons (Fsp3) is 0.208. The van der Waals surface area contributed by atoms with Crippen LogP contribution in [0.15, 0.2) is 60.9 Å². The lowest BCUT2D eigenvalue weighted by molar-refractivity contribution is 0.591. The highest BCUT2D eigenvalue weighted by atomic mass is 32.1. The number of imidazole rings is 1. The molecule has 3 heterocycles. The minimum Gasteiger partial charge on any atom is -0.306 e. The summed E-state index contributed by atoms with van der Waals surface area (Å²) in [6.45, 7) is 8.84. The molecule has 134 valence electrons. The van der Waals surface area contributed by atoms with Gasteiger partial charge in [-0.05, 0) is 42.2 Å². The lowest BCUT2D eigenvalue weighted by Gasteiger charge is -2.20. The maximum atomic E-state index is 4.95. The predicted molar refractivity (Wildman–Crippen MR) is 114 cm³/mol. The standard InChI is InChI=1S/C24H22N2S/c1-17-14-20(24(2,3)4)23-25-21(16-26(23)15-17)22-13-12-19(27-22)11-10-18-8-6-5-7-9-18/h5-9,12-16H,1-4H3.